The number of likely N-dealkylation sites (tertiary alicyclic amines) is 1. The van der Waals surface area contributed by atoms with Crippen molar-refractivity contribution in [3.63, 3.8) is 0 Å². The molecule has 0 radical (unpaired) electrons. The maximum absolute atomic E-state index is 13.0. The minimum Gasteiger partial charge on any atom is -0.404 e. The lowest BCUT2D eigenvalue weighted by molar-refractivity contribution is -0.274. The molecule has 1 saturated heterocycles. The first-order valence-electron chi connectivity index (χ1n) is 15.4. The van der Waals surface area contributed by atoms with Crippen LogP contribution in [0.1, 0.15) is 60.8 Å². The first-order valence-corrected chi connectivity index (χ1v) is 15.4. The number of hydrogen-bond donors (Lipinski definition) is 3. The Kier molecular flexibility index (Phi) is 9.50. The number of alkyl halides is 3. The van der Waals surface area contributed by atoms with Crippen LogP contribution in [0, 0.1) is 12.8 Å². The standard InChI is InChI=1S/C35H39F3N6O3/c1-22-5-12-27(13-6-22)44-31(21-30(42-44)34(2,3)4)41-33(46)40-26-10-7-23(8-11-26)19-24-15-17-43(18-16-24)32(45)25-9-14-28(39)29(20-25)47-35(36,37)38/h5-14,20-21,24H,15-19,39H2,1-4H3,(H2,40,41,46). The lowest BCUT2D eigenvalue weighted by Gasteiger charge is -2.32. The molecule has 248 valence electrons. The molecule has 4 N–H and O–H groups in total. The average Bonchev–Trinajstić information content (AvgIpc) is 3.43. The van der Waals surface area contributed by atoms with E-state index in [2.05, 4.69) is 36.1 Å². The normalized spacial score (nSPS) is 14.1. The second-order valence-electron chi connectivity index (χ2n) is 12.9. The van der Waals surface area contributed by atoms with Gasteiger partial charge in [0.15, 0.2) is 5.75 Å². The molecule has 4 aromatic rings. The van der Waals surface area contributed by atoms with Crippen molar-refractivity contribution in [2.24, 2.45) is 5.92 Å². The van der Waals surface area contributed by atoms with Gasteiger partial charge in [-0.25, -0.2) is 9.48 Å². The number of anilines is 3. The van der Waals surface area contributed by atoms with Crippen molar-refractivity contribution in [3.05, 3.63) is 95.2 Å². The first-order chi connectivity index (χ1) is 22.1. The third kappa shape index (κ3) is 8.63. The fourth-order valence-corrected chi connectivity index (χ4v) is 5.46. The number of hydrogen-bond acceptors (Lipinski definition) is 5. The van der Waals surface area contributed by atoms with Crippen LogP contribution in [0.5, 0.6) is 5.75 Å². The number of ether oxygens (including phenoxy) is 1. The lowest BCUT2D eigenvalue weighted by atomic mass is 9.90. The van der Waals surface area contributed by atoms with Gasteiger partial charge >= 0.3 is 12.4 Å². The molecule has 1 aromatic heterocycles. The van der Waals surface area contributed by atoms with Gasteiger partial charge < -0.3 is 20.7 Å². The number of urea groups is 1. The molecular formula is C35H39F3N6O3. The van der Waals surface area contributed by atoms with Gasteiger partial charge in [-0.15, -0.1) is 13.2 Å². The Hall–Kier alpha value is -5.00. The van der Waals surface area contributed by atoms with Gasteiger partial charge in [0.1, 0.15) is 5.82 Å². The molecule has 3 amide bonds. The van der Waals surface area contributed by atoms with Crippen LogP contribution in [0.4, 0.5) is 35.2 Å². The van der Waals surface area contributed by atoms with E-state index in [1.165, 1.54) is 12.1 Å². The monoisotopic (exact) mass is 648 g/mol. The molecule has 0 spiro atoms. The van der Waals surface area contributed by atoms with Crippen molar-refractivity contribution in [3.8, 4) is 11.4 Å². The van der Waals surface area contributed by atoms with Crippen molar-refractivity contribution in [1.82, 2.24) is 14.7 Å². The number of carbonyl (C=O) groups is 2. The number of nitrogens with two attached hydrogens (primary N) is 1. The van der Waals surface area contributed by atoms with Crippen molar-refractivity contribution in [2.45, 2.75) is 58.7 Å². The van der Waals surface area contributed by atoms with Gasteiger partial charge in [0, 0.05) is 35.8 Å². The molecule has 0 bridgehead atoms. The minimum atomic E-state index is -4.90. The van der Waals surface area contributed by atoms with Gasteiger partial charge in [0.25, 0.3) is 5.91 Å². The Labute approximate surface area is 271 Å². The molecule has 12 heteroatoms. The van der Waals surface area contributed by atoms with Crippen LogP contribution in [0.25, 0.3) is 5.69 Å². The molecule has 0 aliphatic carbocycles. The summed E-state index contributed by atoms with van der Waals surface area (Å²) in [6.07, 6.45) is -2.61. The number of aromatic nitrogens is 2. The number of nitrogen functional groups attached to an aromatic ring is 1. The molecule has 2 heterocycles. The fraction of sp³-hybridized carbons (Fsp3) is 0.343. The third-order valence-electron chi connectivity index (χ3n) is 8.12. The number of benzene rings is 3. The number of aryl methyl sites for hydroxylation is 1. The van der Waals surface area contributed by atoms with Gasteiger partial charge in [-0.1, -0.05) is 50.6 Å². The summed E-state index contributed by atoms with van der Waals surface area (Å²) < 4.78 is 43.8. The summed E-state index contributed by atoms with van der Waals surface area (Å²) in [5.41, 5.74) is 9.85. The van der Waals surface area contributed by atoms with E-state index >= 15 is 0 Å². The summed E-state index contributed by atoms with van der Waals surface area (Å²) in [6, 6.07) is 20.8. The Morgan fingerprint density at radius 2 is 1.60 bits per heavy atom. The molecular weight excluding hydrogens is 609 g/mol. The van der Waals surface area contributed by atoms with Crippen LogP contribution in [0.2, 0.25) is 0 Å². The SMILES string of the molecule is Cc1ccc(-n2nc(C(C)(C)C)cc2NC(=O)Nc2ccc(CC3CCN(C(=O)c4ccc(N)c(OC(F)(F)F)c4)CC3)cc2)cc1. The van der Waals surface area contributed by atoms with Crippen LogP contribution < -0.4 is 21.1 Å². The average molecular weight is 649 g/mol. The molecule has 3 aromatic carbocycles. The molecule has 0 unspecified atom stereocenters. The quantitative estimate of drug-likeness (QED) is 0.178. The van der Waals surface area contributed by atoms with E-state index in [1.807, 2.05) is 61.5 Å². The number of rotatable bonds is 7. The first kappa shape index (κ1) is 33.4. The fourth-order valence-electron chi connectivity index (χ4n) is 5.46. The number of amides is 3. The zero-order valence-corrected chi connectivity index (χ0v) is 26.8. The van der Waals surface area contributed by atoms with Crippen LogP contribution in [0.3, 0.4) is 0 Å². The van der Waals surface area contributed by atoms with E-state index in [-0.39, 0.29) is 28.6 Å². The number of nitrogens with zero attached hydrogens (tertiary/aromatic N) is 3. The highest BCUT2D eigenvalue weighted by Crippen LogP contribution is 2.31. The van der Waals surface area contributed by atoms with Crippen molar-refractivity contribution in [2.75, 3.05) is 29.5 Å². The van der Waals surface area contributed by atoms with Crippen LogP contribution in [0.15, 0.2) is 72.8 Å². The van der Waals surface area contributed by atoms with Crippen molar-refractivity contribution >= 4 is 29.1 Å². The molecule has 9 nitrogen and oxygen atoms in total. The highest BCUT2D eigenvalue weighted by atomic mass is 19.4. The summed E-state index contributed by atoms with van der Waals surface area (Å²) in [6.45, 7) is 9.19. The van der Waals surface area contributed by atoms with E-state index in [0.717, 1.165) is 47.8 Å². The molecule has 0 saturated carbocycles. The zero-order chi connectivity index (χ0) is 33.9. The van der Waals surface area contributed by atoms with Crippen LogP contribution >= 0.6 is 0 Å². The predicted octanol–water partition coefficient (Wildman–Crippen LogP) is 7.70. The Morgan fingerprint density at radius 1 is 0.936 bits per heavy atom. The minimum absolute atomic E-state index is 0.0956. The largest absolute Gasteiger partial charge is 0.573 e. The van der Waals surface area contributed by atoms with E-state index in [1.54, 1.807) is 9.58 Å². The lowest BCUT2D eigenvalue weighted by Crippen LogP contribution is -2.39. The van der Waals surface area contributed by atoms with Crippen molar-refractivity contribution < 1.29 is 27.5 Å². The van der Waals surface area contributed by atoms with E-state index in [0.29, 0.717) is 30.5 Å². The number of nitrogens with one attached hydrogen (secondary N) is 2. The summed E-state index contributed by atoms with van der Waals surface area (Å²) in [5.74, 6) is -0.0575. The molecule has 47 heavy (non-hydrogen) atoms. The van der Waals surface area contributed by atoms with Gasteiger partial charge in [-0.3, -0.25) is 10.1 Å². The van der Waals surface area contributed by atoms with Crippen LogP contribution in [-0.4, -0.2) is 46.1 Å². The third-order valence-corrected chi connectivity index (χ3v) is 8.12. The molecule has 1 aliphatic rings. The van der Waals surface area contributed by atoms with E-state index < -0.39 is 12.1 Å². The van der Waals surface area contributed by atoms with E-state index in [9.17, 15) is 22.8 Å². The Morgan fingerprint density at radius 3 is 2.21 bits per heavy atom. The zero-order valence-electron chi connectivity index (χ0n) is 26.8. The maximum atomic E-state index is 13.0. The smallest absolute Gasteiger partial charge is 0.404 e. The number of halogens is 3. The van der Waals surface area contributed by atoms with Gasteiger partial charge in [-0.05, 0) is 80.1 Å². The molecule has 1 aliphatic heterocycles. The topological polar surface area (TPSA) is 115 Å². The Bertz CT molecular complexity index is 1720. The van der Waals surface area contributed by atoms with Crippen molar-refractivity contribution in [1.29, 1.82) is 0 Å². The second kappa shape index (κ2) is 13.4. The van der Waals surface area contributed by atoms with E-state index in [4.69, 9.17) is 10.8 Å². The van der Waals surface area contributed by atoms with Crippen LogP contribution in [-0.2, 0) is 11.8 Å². The number of carbonyl (C=O) groups excluding carboxylic acids is 2. The number of piperidine rings is 1. The summed E-state index contributed by atoms with van der Waals surface area (Å²) in [5, 5.41) is 10.6. The Balaban J connectivity index is 1.15. The molecule has 1 fully saturated rings. The molecule has 0 atom stereocenters. The molecule has 5 rings (SSSR count). The van der Waals surface area contributed by atoms with Gasteiger partial charge in [-0.2, -0.15) is 5.10 Å². The second-order valence-corrected chi connectivity index (χ2v) is 12.9. The summed E-state index contributed by atoms with van der Waals surface area (Å²) in [4.78, 5) is 27.6. The maximum Gasteiger partial charge on any atom is 0.573 e. The van der Waals surface area contributed by atoms with Gasteiger partial charge in [0.05, 0.1) is 17.1 Å². The summed E-state index contributed by atoms with van der Waals surface area (Å²) in [7, 11) is 0. The summed E-state index contributed by atoms with van der Waals surface area (Å²) >= 11 is 0. The van der Waals surface area contributed by atoms with Gasteiger partial charge in [0.2, 0.25) is 0 Å². The highest BCUT2D eigenvalue weighted by molar-refractivity contribution is 5.99. The highest BCUT2D eigenvalue weighted by Gasteiger charge is 2.33. The predicted molar refractivity (Wildman–Crippen MR) is 176 cm³/mol.